The first-order chi connectivity index (χ1) is 11.8. The van der Waals surface area contributed by atoms with Crippen LogP contribution in [0.3, 0.4) is 0 Å². The molecular weight excluding hydrogens is 316 g/mol. The molecule has 0 radical (unpaired) electrons. The number of fused-ring (bicyclic) bond motifs is 1. The number of hydrogen-bond acceptors (Lipinski definition) is 3. The number of piperazine rings is 1. The van der Waals surface area contributed by atoms with Crippen molar-refractivity contribution in [2.45, 2.75) is 40.0 Å². The van der Waals surface area contributed by atoms with Crippen molar-refractivity contribution in [2.75, 3.05) is 32.8 Å². The summed E-state index contributed by atoms with van der Waals surface area (Å²) in [6.45, 7) is 9.49. The maximum Gasteiger partial charge on any atom is 0.227 e. The topological polar surface area (TPSA) is 49.9 Å². The van der Waals surface area contributed by atoms with Crippen LogP contribution in [0.5, 0.6) is 5.75 Å². The Bertz CT molecular complexity index is 655. The standard InChI is InChI=1S/C20H28N2O3/c1-20(2,3)14-19(24)22-9-7-21(8-10-22)18(23)13-15-4-5-17-16(12-15)6-11-25-17/h4-5,12H,6-11,13-14H2,1-3H3. The molecule has 136 valence electrons. The number of benzene rings is 1. The smallest absolute Gasteiger partial charge is 0.227 e. The number of nitrogens with zero attached hydrogens (tertiary/aromatic N) is 2. The number of amides is 2. The highest BCUT2D eigenvalue weighted by molar-refractivity contribution is 5.80. The van der Waals surface area contributed by atoms with Gasteiger partial charge in [0.25, 0.3) is 0 Å². The molecule has 1 fully saturated rings. The molecule has 0 bridgehead atoms. The van der Waals surface area contributed by atoms with Crippen LogP contribution in [0, 0.1) is 5.41 Å². The lowest BCUT2D eigenvalue weighted by Gasteiger charge is -2.36. The summed E-state index contributed by atoms with van der Waals surface area (Å²) in [7, 11) is 0. The zero-order chi connectivity index (χ0) is 18.0. The molecule has 0 N–H and O–H groups in total. The van der Waals surface area contributed by atoms with Crippen LogP contribution in [-0.2, 0) is 22.4 Å². The summed E-state index contributed by atoms with van der Waals surface area (Å²) in [5.74, 6) is 1.28. The first-order valence-electron chi connectivity index (χ1n) is 9.12. The van der Waals surface area contributed by atoms with Crippen molar-refractivity contribution >= 4 is 11.8 Å². The Morgan fingerprint density at radius 1 is 1.04 bits per heavy atom. The zero-order valence-corrected chi connectivity index (χ0v) is 15.5. The molecule has 0 aromatic heterocycles. The Balaban J connectivity index is 1.51. The lowest BCUT2D eigenvalue weighted by atomic mass is 9.91. The van der Waals surface area contributed by atoms with Crippen LogP contribution in [0.2, 0.25) is 0 Å². The monoisotopic (exact) mass is 344 g/mol. The molecule has 0 spiro atoms. The van der Waals surface area contributed by atoms with Crippen molar-refractivity contribution in [3.63, 3.8) is 0 Å². The number of rotatable bonds is 3. The van der Waals surface area contributed by atoms with Crippen molar-refractivity contribution in [1.29, 1.82) is 0 Å². The molecule has 1 aromatic carbocycles. The molecule has 3 rings (SSSR count). The molecule has 1 saturated heterocycles. The third kappa shape index (κ3) is 4.53. The Morgan fingerprint density at radius 3 is 2.32 bits per heavy atom. The van der Waals surface area contributed by atoms with Crippen LogP contribution in [-0.4, -0.2) is 54.4 Å². The molecule has 0 saturated carbocycles. The van der Waals surface area contributed by atoms with Gasteiger partial charge in [0.2, 0.25) is 11.8 Å². The molecule has 25 heavy (non-hydrogen) atoms. The fourth-order valence-corrected chi connectivity index (χ4v) is 3.41. The first kappa shape index (κ1) is 17.8. The van der Waals surface area contributed by atoms with Crippen LogP contribution in [0.4, 0.5) is 0 Å². The average molecular weight is 344 g/mol. The van der Waals surface area contributed by atoms with Crippen molar-refractivity contribution in [3.05, 3.63) is 29.3 Å². The van der Waals surface area contributed by atoms with Crippen LogP contribution in [0.25, 0.3) is 0 Å². The second kappa shape index (κ2) is 7.06. The van der Waals surface area contributed by atoms with Gasteiger partial charge in [0.1, 0.15) is 5.75 Å². The number of carbonyl (C=O) groups is 2. The van der Waals surface area contributed by atoms with E-state index in [1.807, 2.05) is 21.9 Å². The van der Waals surface area contributed by atoms with Gasteiger partial charge in [-0.1, -0.05) is 32.9 Å². The molecule has 0 aliphatic carbocycles. The van der Waals surface area contributed by atoms with E-state index in [0.29, 0.717) is 39.0 Å². The predicted octanol–water partition coefficient (Wildman–Crippen LogP) is 2.27. The summed E-state index contributed by atoms with van der Waals surface area (Å²) >= 11 is 0. The van der Waals surface area contributed by atoms with Crippen molar-refractivity contribution in [1.82, 2.24) is 9.80 Å². The Morgan fingerprint density at radius 2 is 1.68 bits per heavy atom. The molecule has 2 heterocycles. The summed E-state index contributed by atoms with van der Waals surface area (Å²) in [5, 5.41) is 0. The normalized spacial score (nSPS) is 17.2. The Kier molecular flexibility index (Phi) is 5.02. The second-order valence-electron chi connectivity index (χ2n) is 8.22. The quantitative estimate of drug-likeness (QED) is 0.845. The molecule has 5 heteroatoms. The maximum atomic E-state index is 12.6. The minimum atomic E-state index is 0.00131. The predicted molar refractivity (Wildman–Crippen MR) is 96.6 cm³/mol. The van der Waals surface area contributed by atoms with Crippen LogP contribution >= 0.6 is 0 Å². The van der Waals surface area contributed by atoms with Gasteiger partial charge in [-0.3, -0.25) is 9.59 Å². The van der Waals surface area contributed by atoms with Crippen LogP contribution in [0.1, 0.15) is 38.3 Å². The Labute approximate surface area is 149 Å². The third-order valence-electron chi connectivity index (χ3n) is 4.78. The van der Waals surface area contributed by atoms with Gasteiger partial charge in [-0.05, 0) is 22.6 Å². The van der Waals surface area contributed by atoms with E-state index >= 15 is 0 Å². The summed E-state index contributed by atoms with van der Waals surface area (Å²) < 4.78 is 5.51. The second-order valence-corrected chi connectivity index (χ2v) is 8.22. The molecule has 2 aliphatic rings. The fourth-order valence-electron chi connectivity index (χ4n) is 3.41. The highest BCUT2D eigenvalue weighted by atomic mass is 16.5. The van der Waals surface area contributed by atoms with Gasteiger partial charge < -0.3 is 14.5 Å². The van der Waals surface area contributed by atoms with E-state index < -0.39 is 0 Å². The van der Waals surface area contributed by atoms with E-state index in [1.54, 1.807) is 0 Å². The zero-order valence-electron chi connectivity index (χ0n) is 15.5. The van der Waals surface area contributed by atoms with E-state index in [2.05, 4.69) is 26.8 Å². The highest BCUT2D eigenvalue weighted by Gasteiger charge is 2.26. The summed E-state index contributed by atoms with van der Waals surface area (Å²) in [4.78, 5) is 28.6. The summed E-state index contributed by atoms with van der Waals surface area (Å²) in [6, 6.07) is 6.03. The van der Waals surface area contributed by atoms with Gasteiger partial charge >= 0.3 is 0 Å². The van der Waals surface area contributed by atoms with Gasteiger partial charge in [-0.2, -0.15) is 0 Å². The number of ether oxygens (including phenoxy) is 1. The first-order valence-corrected chi connectivity index (χ1v) is 9.12. The van der Waals surface area contributed by atoms with Crippen molar-refractivity contribution in [2.24, 2.45) is 5.41 Å². The maximum absolute atomic E-state index is 12.6. The van der Waals surface area contributed by atoms with E-state index in [9.17, 15) is 9.59 Å². The van der Waals surface area contributed by atoms with Crippen LogP contribution in [0.15, 0.2) is 18.2 Å². The van der Waals surface area contributed by atoms with E-state index in [1.165, 1.54) is 5.56 Å². The highest BCUT2D eigenvalue weighted by Crippen LogP contribution is 2.26. The summed E-state index contributed by atoms with van der Waals surface area (Å²) in [6.07, 6.45) is 1.90. The minimum Gasteiger partial charge on any atom is -0.493 e. The van der Waals surface area contributed by atoms with Crippen molar-refractivity contribution in [3.8, 4) is 5.75 Å². The van der Waals surface area contributed by atoms with E-state index in [-0.39, 0.29) is 17.2 Å². The molecule has 2 aliphatic heterocycles. The van der Waals surface area contributed by atoms with Crippen molar-refractivity contribution < 1.29 is 14.3 Å². The van der Waals surface area contributed by atoms with Gasteiger partial charge in [-0.25, -0.2) is 0 Å². The molecular formula is C20H28N2O3. The molecule has 1 aromatic rings. The van der Waals surface area contributed by atoms with Gasteiger partial charge in [0.15, 0.2) is 0 Å². The number of carbonyl (C=O) groups excluding carboxylic acids is 2. The largest absolute Gasteiger partial charge is 0.493 e. The summed E-state index contributed by atoms with van der Waals surface area (Å²) in [5.41, 5.74) is 2.24. The number of hydrogen-bond donors (Lipinski definition) is 0. The Hall–Kier alpha value is -2.04. The molecule has 0 unspecified atom stereocenters. The molecule has 2 amide bonds. The van der Waals surface area contributed by atoms with Gasteiger partial charge in [-0.15, -0.1) is 0 Å². The van der Waals surface area contributed by atoms with E-state index in [0.717, 1.165) is 24.3 Å². The SMILES string of the molecule is CC(C)(C)CC(=O)N1CCN(C(=O)Cc2ccc3c(c2)CCO3)CC1. The molecule has 5 nitrogen and oxygen atoms in total. The minimum absolute atomic E-state index is 0.00131. The lowest BCUT2D eigenvalue weighted by Crippen LogP contribution is -2.51. The van der Waals surface area contributed by atoms with Gasteiger partial charge in [0, 0.05) is 39.0 Å². The molecule has 0 atom stereocenters. The average Bonchev–Trinajstić information content (AvgIpc) is 3.01. The van der Waals surface area contributed by atoms with E-state index in [4.69, 9.17) is 4.74 Å². The van der Waals surface area contributed by atoms with Gasteiger partial charge in [0.05, 0.1) is 13.0 Å². The fraction of sp³-hybridized carbons (Fsp3) is 0.600. The lowest BCUT2D eigenvalue weighted by molar-refractivity contribution is -0.140. The van der Waals surface area contributed by atoms with Crippen LogP contribution < -0.4 is 4.74 Å². The third-order valence-corrected chi connectivity index (χ3v) is 4.78.